The van der Waals surface area contributed by atoms with Gasteiger partial charge >= 0.3 is 0 Å². The molecule has 1 fully saturated rings. The normalized spacial score (nSPS) is 14.3. The fourth-order valence-corrected chi connectivity index (χ4v) is 3.43. The molecule has 1 aliphatic heterocycles. The van der Waals surface area contributed by atoms with E-state index in [2.05, 4.69) is 20.3 Å². The lowest BCUT2D eigenvalue weighted by atomic mass is 10.1. The molecule has 0 unspecified atom stereocenters. The zero-order chi connectivity index (χ0) is 21.8. The molecule has 1 aromatic heterocycles. The molecular weight excluding hydrogens is 396 g/mol. The number of anilines is 1. The molecule has 0 bridgehead atoms. The van der Waals surface area contributed by atoms with Crippen LogP contribution in [0.5, 0.6) is 5.75 Å². The minimum atomic E-state index is -0.298. The van der Waals surface area contributed by atoms with Crippen molar-refractivity contribution in [1.82, 2.24) is 24.6 Å². The summed E-state index contributed by atoms with van der Waals surface area (Å²) < 4.78 is 6.99. The molecule has 0 radical (unpaired) electrons. The molecule has 0 atom stereocenters. The summed E-state index contributed by atoms with van der Waals surface area (Å²) in [5.41, 5.74) is 2.24. The van der Waals surface area contributed by atoms with Crippen LogP contribution in [0, 0.1) is 0 Å². The molecule has 2 aromatic carbocycles. The first kappa shape index (κ1) is 20.5. The first-order valence-electron chi connectivity index (χ1n) is 9.97. The van der Waals surface area contributed by atoms with Gasteiger partial charge in [0.15, 0.2) is 0 Å². The highest BCUT2D eigenvalue weighted by Crippen LogP contribution is 2.27. The number of aromatic nitrogens is 3. The largest absolute Gasteiger partial charge is 0.495 e. The Bertz CT molecular complexity index is 1060. The number of methoxy groups -OCH3 is 1. The topological polar surface area (TPSA) is 92.6 Å². The number of nitrogens with zero attached hydrogens (tertiary/aromatic N) is 5. The summed E-state index contributed by atoms with van der Waals surface area (Å²) in [5, 5.41) is 6.93. The second kappa shape index (κ2) is 8.97. The Morgan fingerprint density at radius 3 is 2.35 bits per heavy atom. The maximum Gasteiger partial charge on any atom is 0.255 e. The number of rotatable bonds is 5. The van der Waals surface area contributed by atoms with Crippen LogP contribution < -0.4 is 10.1 Å². The fraction of sp³-hybridized carbons (Fsp3) is 0.273. The molecule has 9 heteroatoms. The molecule has 2 heterocycles. The number of hydrogen-bond acceptors (Lipinski definition) is 6. The minimum Gasteiger partial charge on any atom is -0.495 e. The first-order valence-corrected chi connectivity index (χ1v) is 9.97. The summed E-state index contributed by atoms with van der Waals surface area (Å²) >= 11 is 0. The summed E-state index contributed by atoms with van der Waals surface area (Å²) in [6, 6.07) is 12.1. The maximum atomic E-state index is 12.9. The molecule has 0 spiro atoms. The Balaban J connectivity index is 1.51. The van der Waals surface area contributed by atoms with Crippen molar-refractivity contribution >= 4 is 17.5 Å². The molecule has 1 saturated heterocycles. The lowest BCUT2D eigenvalue weighted by Crippen LogP contribution is -2.47. The van der Waals surface area contributed by atoms with E-state index >= 15 is 0 Å². The Kier molecular flexibility index (Phi) is 5.94. The molecule has 4 rings (SSSR count). The number of piperazine rings is 1. The number of carbonyl (C=O) groups excluding carboxylic acids is 2. The third-order valence-corrected chi connectivity index (χ3v) is 5.30. The highest BCUT2D eigenvalue weighted by atomic mass is 16.5. The second-order valence-electron chi connectivity index (χ2n) is 7.35. The van der Waals surface area contributed by atoms with E-state index < -0.39 is 0 Å². The van der Waals surface area contributed by atoms with E-state index in [1.165, 1.54) is 13.4 Å². The van der Waals surface area contributed by atoms with Crippen molar-refractivity contribution in [2.75, 3.05) is 45.7 Å². The molecular formula is C22H24N6O3. The number of hydrogen-bond donors (Lipinski definition) is 1. The van der Waals surface area contributed by atoms with Crippen LogP contribution in [-0.2, 0) is 0 Å². The van der Waals surface area contributed by atoms with Crippen LogP contribution >= 0.6 is 0 Å². The molecule has 1 aliphatic rings. The van der Waals surface area contributed by atoms with Gasteiger partial charge in [-0.2, -0.15) is 5.10 Å². The molecule has 9 nitrogen and oxygen atoms in total. The lowest BCUT2D eigenvalue weighted by Gasteiger charge is -2.32. The van der Waals surface area contributed by atoms with E-state index in [9.17, 15) is 9.59 Å². The Morgan fingerprint density at radius 2 is 1.71 bits per heavy atom. The van der Waals surface area contributed by atoms with Gasteiger partial charge in [0.05, 0.1) is 18.5 Å². The summed E-state index contributed by atoms with van der Waals surface area (Å²) in [4.78, 5) is 33.6. The third kappa shape index (κ3) is 4.56. The van der Waals surface area contributed by atoms with Crippen molar-refractivity contribution in [2.45, 2.75) is 0 Å². The van der Waals surface area contributed by atoms with Gasteiger partial charge in [-0.3, -0.25) is 9.59 Å². The molecule has 3 aromatic rings. The predicted molar refractivity (Wildman–Crippen MR) is 116 cm³/mol. The summed E-state index contributed by atoms with van der Waals surface area (Å²) in [7, 11) is 3.57. The van der Waals surface area contributed by atoms with Crippen LogP contribution in [0.3, 0.4) is 0 Å². The van der Waals surface area contributed by atoms with Gasteiger partial charge in [-0.05, 0) is 49.5 Å². The molecule has 2 amide bonds. The number of nitrogens with one attached hydrogen (secondary N) is 1. The fourth-order valence-electron chi connectivity index (χ4n) is 3.43. The van der Waals surface area contributed by atoms with Gasteiger partial charge in [0.25, 0.3) is 11.8 Å². The number of ether oxygens (including phenoxy) is 1. The Hall–Kier alpha value is -3.72. The zero-order valence-corrected chi connectivity index (χ0v) is 17.5. The van der Waals surface area contributed by atoms with Crippen molar-refractivity contribution in [3.05, 3.63) is 66.2 Å². The van der Waals surface area contributed by atoms with Gasteiger partial charge in [0.1, 0.15) is 18.4 Å². The second-order valence-corrected chi connectivity index (χ2v) is 7.35. The predicted octanol–water partition coefficient (Wildman–Crippen LogP) is 1.92. The monoisotopic (exact) mass is 420 g/mol. The van der Waals surface area contributed by atoms with Crippen LogP contribution in [0.25, 0.3) is 5.69 Å². The van der Waals surface area contributed by atoms with Crippen LogP contribution in [0.1, 0.15) is 20.7 Å². The van der Waals surface area contributed by atoms with E-state index in [4.69, 9.17) is 4.74 Å². The lowest BCUT2D eigenvalue weighted by molar-refractivity contribution is 0.0664. The van der Waals surface area contributed by atoms with Gasteiger partial charge in [0, 0.05) is 37.3 Å². The average molecular weight is 420 g/mol. The van der Waals surface area contributed by atoms with Crippen LogP contribution in [0.15, 0.2) is 55.1 Å². The van der Waals surface area contributed by atoms with E-state index in [-0.39, 0.29) is 11.8 Å². The number of amides is 2. The standard InChI is InChI=1S/C22H24N6O3/c1-26-9-11-27(12-10-26)22(30)17-5-8-20(31-2)19(13-17)25-21(29)16-3-6-18(7-4-16)28-15-23-14-24-28/h3-8,13-15H,9-12H2,1-2H3,(H,25,29). The van der Waals surface area contributed by atoms with Gasteiger partial charge < -0.3 is 19.9 Å². The van der Waals surface area contributed by atoms with E-state index in [0.29, 0.717) is 35.7 Å². The Labute approximate surface area is 180 Å². The van der Waals surface area contributed by atoms with Gasteiger partial charge in [-0.25, -0.2) is 9.67 Å². The summed E-state index contributed by atoms with van der Waals surface area (Å²) in [6.07, 6.45) is 3.03. The van der Waals surface area contributed by atoms with Gasteiger partial charge in [-0.15, -0.1) is 0 Å². The maximum absolute atomic E-state index is 12.9. The summed E-state index contributed by atoms with van der Waals surface area (Å²) in [5.74, 6) is 0.138. The molecule has 160 valence electrons. The molecule has 1 N–H and O–H groups in total. The van der Waals surface area contributed by atoms with Crippen molar-refractivity contribution in [3.8, 4) is 11.4 Å². The van der Waals surface area contributed by atoms with Crippen molar-refractivity contribution in [1.29, 1.82) is 0 Å². The van der Waals surface area contributed by atoms with Crippen molar-refractivity contribution in [2.24, 2.45) is 0 Å². The van der Waals surface area contributed by atoms with E-state index in [0.717, 1.165) is 18.8 Å². The minimum absolute atomic E-state index is 0.0524. The van der Waals surface area contributed by atoms with E-state index in [1.54, 1.807) is 53.5 Å². The quantitative estimate of drug-likeness (QED) is 0.678. The number of carbonyl (C=O) groups is 2. The zero-order valence-electron chi connectivity index (χ0n) is 17.5. The van der Waals surface area contributed by atoms with Crippen molar-refractivity contribution < 1.29 is 14.3 Å². The molecule has 0 saturated carbocycles. The molecule has 31 heavy (non-hydrogen) atoms. The van der Waals surface area contributed by atoms with Gasteiger partial charge in [0.2, 0.25) is 0 Å². The SMILES string of the molecule is COc1ccc(C(=O)N2CCN(C)CC2)cc1NC(=O)c1ccc(-n2cncn2)cc1. The smallest absolute Gasteiger partial charge is 0.255 e. The number of benzene rings is 2. The van der Waals surface area contributed by atoms with Crippen LogP contribution in [0.4, 0.5) is 5.69 Å². The first-order chi connectivity index (χ1) is 15.0. The highest BCUT2D eigenvalue weighted by molar-refractivity contribution is 6.06. The van der Waals surface area contributed by atoms with Crippen LogP contribution in [0.2, 0.25) is 0 Å². The Morgan fingerprint density at radius 1 is 1.00 bits per heavy atom. The molecule has 0 aliphatic carbocycles. The average Bonchev–Trinajstić information content (AvgIpc) is 3.34. The number of likely N-dealkylation sites (N-methyl/N-ethyl adjacent to an activating group) is 1. The van der Waals surface area contributed by atoms with Crippen LogP contribution in [-0.4, -0.2) is 76.7 Å². The third-order valence-electron chi connectivity index (χ3n) is 5.30. The summed E-state index contributed by atoms with van der Waals surface area (Å²) in [6.45, 7) is 3.05. The highest BCUT2D eigenvalue weighted by Gasteiger charge is 2.21. The van der Waals surface area contributed by atoms with Gasteiger partial charge in [-0.1, -0.05) is 0 Å². The van der Waals surface area contributed by atoms with Crippen molar-refractivity contribution in [3.63, 3.8) is 0 Å². The van der Waals surface area contributed by atoms with E-state index in [1.807, 2.05) is 11.9 Å².